The van der Waals surface area contributed by atoms with Crippen molar-refractivity contribution >= 4 is 18.3 Å². The molecule has 0 aliphatic carbocycles. The molecule has 0 saturated heterocycles. The molecule has 1 aromatic carbocycles. The summed E-state index contributed by atoms with van der Waals surface area (Å²) in [5.41, 5.74) is 1.03. The van der Waals surface area contributed by atoms with Gasteiger partial charge in [-0.15, -0.1) is 12.4 Å². The number of rotatable bonds is 9. The molecule has 1 unspecified atom stereocenters. The van der Waals surface area contributed by atoms with Gasteiger partial charge in [-0.2, -0.15) is 0 Å². The molecular formula is C16H27ClN2O3. The first-order valence-electron chi connectivity index (χ1n) is 7.28. The second kappa shape index (κ2) is 11.3. The van der Waals surface area contributed by atoms with Crippen molar-refractivity contribution in [1.82, 2.24) is 10.6 Å². The Balaban J connectivity index is 0.00000441. The molecule has 126 valence electrons. The molecule has 5 nitrogen and oxygen atoms in total. The van der Waals surface area contributed by atoms with Crippen molar-refractivity contribution in [3.05, 3.63) is 29.8 Å². The number of halogens is 1. The molecule has 1 rings (SSSR count). The van der Waals surface area contributed by atoms with E-state index < -0.39 is 0 Å². The van der Waals surface area contributed by atoms with Crippen LogP contribution in [0.2, 0.25) is 0 Å². The number of hydrogen-bond acceptors (Lipinski definition) is 4. The average Bonchev–Trinajstić information content (AvgIpc) is 2.43. The van der Waals surface area contributed by atoms with Crippen LogP contribution in [0.1, 0.15) is 32.4 Å². The normalized spacial score (nSPS) is 11.7. The first-order valence-corrected chi connectivity index (χ1v) is 7.28. The Kier molecular flexibility index (Phi) is 10.6. The molecule has 1 atom stereocenters. The van der Waals surface area contributed by atoms with Crippen LogP contribution >= 0.6 is 12.4 Å². The summed E-state index contributed by atoms with van der Waals surface area (Å²) in [5, 5.41) is 5.97. The van der Waals surface area contributed by atoms with Crippen molar-refractivity contribution in [3.8, 4) is 5.75 Å². The molecule has 2 N–H and O–H groups in total. The topological polar surface area (TPSA) is 59.6 Å². The van der Waals surface area contributed by atoms with Crippen molar-refractivity contribution in [2.75, 3.05) is 26.8 Å². The average molecular weight is 331 g/mol. The van der Waals surface area contributed by atoms with Crippen molar-refractivity contribution < 1.29 is 14.3 Å². The number of nitrogens with one attached hydrogen (secondary N) is 2. The molecule has 0 saturated carbocycles. The molecule has 1 aromatic rings. The van der Waals surface area contributed by atoms with Gasteiger partial charge in [0, 0.05) is 13.7 Å². The van der Waals surface area contributed by atoms with Gasteiger partial charge in [-0.05, 0) is 38.5 Å². The van der Waals surface area contributed by atoms with Gasteiger partial charge >= 0.3 is 0 Å². The van der Waals surface area contributed by atoms with Crippen LogP contribution < -0.4 is 15.4 Å². The summed E-state index contributed by atoms with van der Waals surface area (Å²) in [7, 11) is 1.63. The number of benzene rings is 1. The first-order chi connectivity index (χ1) is 10.0. The van der Waals surface area contributed by atoms with E-state index in [0.29, 0.717) is 13.2 Å². The van der Waals surface area contributed by atoms with Crippen LogP contribution in [0.4, 0.5) is 0 Å². The van der Waals surface area contributed by atoms with E-state index in [4.69, 9.17) is 9.47 Å². The highest BCUT2D eigenvalue weighted by atomic mass is 35.5. The third-order valence-electron chi connectivity index (χ3n) is 2.88. The van der Waals surface area contributed by atoms with Gasteiger partial charge in [0.25, 0.3) is 0 Å². The van der Waals surface area contributed by atoms with Crippen molar-refractivity contribution in [2.24, 2.45) is 0 Å². The van der Waals surface area contributed by atoms with E-state index in [1.807, 2.05) is 45.0 Å². The molecule has 0 fully saturated rings. The zero-order valence-corrected chi connectivity index (χ0v) is 14.5. The smallest absolute Gasteiger partial charge is 0.234 e. The van der Waals surface area contributed by atoms with Crippen LogP contribution in [-0.4, -0.2) is 38.8 Å². The fourth-order valence-corrected chi connectivity index (χ4v) is 1.88. The number of hydrogen-bond donors (Lipinski definition) is 2. The fraction of sp³-hybridized carbons (Fsp3) is 0.562. The molecule has 0 radical (unpaired) electrons. The summed E-state index contributed by atoms with van der Waals surface area (Å²) >= 11 is 0. The zero-order valence-electron chi connectivity index (χ0n) is 13.7. The number of carbonyl (C=O) groups excluding carboxylic acids is 1. The largest absolute Gasteiger partial charge is 0.491 e. The van der Waals surface area contributed by atoms with E-state index in [0.717, 1.165) is 11.3 Å². The summed E-state index contributed by atoms with van der Waals surface area (Å²) in [6.07, 6.45) is 0.134. The predicted octanol–water partition coefficient (Wildman–Crippen LogP) is 2.31. The summed E-state index contributed by atoms with van der Waals surface area (Å²) < 4.78 is 10.6. The number of ether oxygens (including phenoxy) is 2. The fourth-order valence-electron chi connectivity index (χ4n) is 1.88. The van der Waals surface area contributed by atoms with Gasteiger partial charge in [-0.3, -0.25) is 4.79 Å². The standard InChI is InChI=1S/C16H26N2O3.ClH/c1-12(2)21-15-7-5-6-14(10-15)13(3)18-16(19)11-17-8-9-20-4;/h5-7,10,12-13,17H,8-9,11H2,1-4H3,(H,18,19);1H. The van der Waals surface area contributed by atoms with Crippen LogP contribution in [0.5, 0.6) is 5.75 Å². The van der Waals surface area contributed by atoms with E-state index in [9.17, 15) is 4.79 Å². The second-order valence-corrected chi connectivity index (χ2v) is 5.20. The molecule has 0 aliphatic rings. The minimum absolute atomic E-state index is 0. The second-order valence-electron chi connectivity index (χ2n) is 5.20. The molecule has 0 heterocycles. The van der Waals surface area contributed by atoms with Crippen LogP contribution in [0.25, 0.3) is 0 Å². The maximum absolute atomic E-state index is 11.8. The van der Waals surface area contributed by atoms with Crippen LogP contribution in [-0.2, 0) is 9.53 Å². The Morgan fingerprint density at radius 1 is 1.27 bits per heavy atom. The Morgan fingerprint density at radius 2 is 2.00 bits per heavy atom. The third kappa shape index (κ3) is 8.22. The van der Waals surface area contributed by atoms with Gasteiger partial charge < -0.3 is 20.1 Å². The summed E-state index contributed by atoms with van der Waals surface area (Å²) in [5.74, 6) is 0.788. The van der Waals surface area contributed by atoms with Crippen molar-refractivity contribution in [1.29, 1.82) is 0 Å². The van der Waals surface area contributed by atoms with Crippen molar-refractivity contribution in [3.63, 3.8) is 0 Å². The van der Waals surface area contributed by atoms with Gasteiger partial charge in [-0.1, -0.05) is 12.1 Å². The molecule has 0 spiro atoms. The van der Waals surface area contributed by atoms with E-state index in [-0.39, 0.29) is 37.0 Å². The molecule has 22 heavy (non-hydrogen) atoms. The SMILES string of the molecule is COCCNCC(=O)NC(C)c1cccc(OC(C)C)c1.Cl. The maximum Gasteiger partial charge on any atom is 0.234 e. The van der Waals surface area contributed by atoms with Gasteiger partial charge in [0.2, 0.25) is 5.91 Å². The highest BCUT2D eigenvalue weighted by molar-refractivity contribution is 5.85. The van der Waals surface area contributed by atoms with E-state index in [1.54, 1.807) is 7.11 Å². The highest BCUT2D eigenvalue weighted by Crippen LogP contribution is 2.19. The quantitative estimate of drug-likeness (QED) is 0.682. The lowest BCUT2D eigenvalue weighted by Crippen LogP contribution is -2.36. The number of carbonyl (C=O) groups is 1. The highest BCUT2D eigenvalue weighted by Gasteiger charge is 2.10. The van der Waals surface area contributed by atoms with Gasteiger partial charge in [0.05, 0.1) is 25.3 Å². The minimum Gasteiger partial charge on any atom is -0.491 e. The van der Waals surface area contributed by atoms with Gasteiger partial charge in [-0.25, -0.2) is 0 Å². The molecule has 0 aliphatic heterocycles. The van der Waals surface area contributed by atoms with Gasteiger partial charge in [0.15, 0.2) is 0 Å². The Hall–Kier alpha value is -1.30. The van der Waals surface area contributed by atoms with Gasteiger partial charge in [0.1, 0.15) is 5.75 Å². The lowest BCUT2D eigenvalue weighted by atomic mass is 10.1. The van der Waals surface area contributed by atoms with Crippen LogP contribution in [0.15, 0.2) is 24.3 Å². The summed E-state index contributed by atoms with van der Waals surface area (Å²) in [6.45, 7) is 7.48. The van der Waals surface area contributed by atoms with Crippen LogP contribution in [0.3, 0.4) is 0 Å². The molecule has 0 bridgehead atoms. The lowest BCUT2D eigenvalue weighted by Gasteiger charge is -2.17. The lowest BCUT2D eigenvalue weighted by molar-refractivity contribution is -0.120. The number of amides is 1. The maximum atomic E-state index is 11.8. The predicted molar refractivity (Wildman–Crippen MR) is 90.8 cm³/mol. The molecule has 6 heteroatoms. The van der Waals surface area contributed by atoms with Crippen molar-refractivity contribution in [2.45, 2.75) is 32.9 Å². The minimum atomic E-state index is -0.0579. The Morgan fingerprint density at radius 3 is 2.64 bits per heavy atom. The molecule has 0 aromatic heterocycles. The monoisotopic (exact) mass is 330 g/mol. The van der Waals surface area contributed by atoms with E-state index in [2.05, 4.69) is 10.6 Å². The molecular weight excluding hydrogens is 304 g/mol. The first kappa shape index (κ1) is 20.7. The Bertz CT molecular complexity index is 441. The summed E-state index contributed by atoms with van der Waals surface area (Å²) in [4.78, 5) is 11.8. The van der Waals surface area contributed by atoms with Crippen LogP contribution in [0, 0.1) is 0 Å². The van der Waals surface area contributed by atoms with E-state index >= 15 is 0 Å². The summed E-state index contributed by atoms with van der Waals surface area (Å²) in [6, 6.07) is 7.74. The van der Waals surface area contributed by atoms with E-state index in [1.165, 1.54) is 0 Å². The number of methoxy groups -OCH3 is 1. The Labute approximate surface area is 139 Å². The zero-order chi connectivity index (χ0) is 15.7. The third-order valence-corrected chi connectivity index (χ3v) is 2.88. The molecule has 1 amide bonds.